The van der Waals surface area contributed by atoms with Gasteiger partial charge in [-0.05, 0) is 43.2 Å². The van der Waals surface area contributed by atoms with Gasteiger partial charge in [0, 0.05) is 42.7 Å². The molecule has 7 nitrogen and oxygen atoms in total. The number of carbonyl (C=O) groups excluding carboxylic acids is 2. The van der Waals surface area contributed by atoms with Gasteiger partial charge in [-0.15, -0.1) is 0 Å². The van der Waals surface area contributed by atoms with Gasteiger partial charge in [0.15, 0.2) is 5.82 Å². The highest BCUT2D eigenvalue weighted by atomic mass is 16.2. The SMILES string of the molecule is N#Cc1ccccc1C(=O)N1CCC(C(=O)Nc2cccc(-c3ncccn3)c2)CC1. The second-order valence-corrected chi connectivity index (χ2v) is 7.37. The lowest BCUT2D eigenvalue weighted by Gasteiger charge is -2.31. The van der Waals surface area contributed by atoms with Crippen molar-refractivity contribution >= 4 is 17.5 Å². The van der Waals surface area contributed by atoms with E-state index in [1.54, 1.807) is 47.6 Å². The maximum atomic E-state index is 12.8. The molecule has 0 saturated carbocycles. The summed E-state index contributed by atoms with van der Waals surface area (Å²) >= 11 is 0. The lowest BCUT2D eigenvalue weighted by atomic mass is 9.95. The Morgan fingerprint density at radius 1 is 1.00 bits per heavy atom. The van der Waals surface area contributed by atoms with Gasteiger partial charge in [0.2, 0.25) is 5.91 Å². The lowest BCUT2D eigenvalue weighted by molar-refractivity contribution is -0.121. The zero-order valence-electron chi connectivity index (χ0n) is 16.9. The number of benzene rings is 2. The van der Waals surface area contributed by atoms with Crippen LogP contribution in [0.2, 0.25) is 0 Å². The summed E-state index contributed by atoms with van der Waals surface area (Å²) in [5, 5.41) is 12.2. The van der Waals surface area contributed by atoms with Crippen molar-refractivity contribution in [2.24, 2.45) is 5.92 Å². The molecule has 2 amide bonds. The van der Waals surface area contributed by atoms with Crippen molar-refractivity contribution in [3.63, 3.8) is 0 Å². The highest BCUT2D eigenvalue weighted by Crippen LogP contribution is 2.23. The van der Waals surface area contributed by atoms with Crippen molar-refractivity contribution in [3.8, 4) is 17.5 Å². The van der Waals surface area contributed by atoms with Gasteiger partial charge in [0.05, 0.1) is 17.2 Å². The fourth-order valence-corrected chi connectivity index (χ4v) is 3.71. The van der Waals surface area contributed by atoms with Crippen molar-refractivity contribution in [1.82, 2.24) is 14.9 Å². The first-order valence-corrected chi connectivity index (χ1v) is 10.1. The Hall–Kier alpha value is -4.05. The zero-order valence-corrected chi connectivity index (χ0v) is 16.9. The fraction of sp³-hybridized carbons (Fsp3) is 0.208. The molecule has 2 heterocycles. The van der Waals surface area contributed by atoms with Crippen molar-refractivity contribution in [1.29, 1.82) is 5.26 Å². The first kappa shape index (κ1) is 20.2. The molecule has 1 N–H and O–H groups in total. The minimum Gasteiger partial charge on any atom is -0.339 e. The van der Waals surface area contributed by atoms with E-state index in [0.717, 1.165) is 5.56 Å². The molecule has 1 saturated heterocycles. The van der Waals surface area contributed by atoms with Crippen molar-refractivity contribution in [2.75, 3.05) is 18.4 Å². The fourth-order valence-electron chi connectivity index (χ4n) is 3.71. The van der Waals surface area contributed by atoms with E-state index in [9.17, 15) is 14.9 Å². The molecule has 1 aliphatic heterocycles. The van der Waals surface area contributed by atoms with E-state index in [-0.39, 0.29) is 17.7 Å². The van der Waals surface area contributed by atoms with Crippen molar-refractivity contribution in [3.05, 3.63) is 78.1 Å². The summed E-state index contributed by atoms with van der Waals surface area (Å²) in [5.74, 6) is 0.206. The van der Waals surface area contributed by atoms with Crippen LogP contribution in [0.3, 0.4) is 0 Å². The van der Waals surface area contributed by atoms with Gasteiger partial charge in [0.25, 0.3) is 5.91 Å². The van der Waals surface area contributed by atoms with Crippen molar-refractivity contribution < 1.29 is 9.59 Å². The number of hydrogen-bond donors (Lipinski definition) is 1. The monoisotopic (exact) mass is 411 g/mol. The molecule has 31 heavy (non-hydrogen) atoms. The van der Waals surface area contributed by atoms with E-state index >= 15 is 0 Å². The van der Waals surface area contributed by atoms with Crippen LogP contribution in [-0.4, -0.2) is 39.8 Å². The number of amides is 2. The van der Waals surface area contributed by atoms with Crippen LogP contribution in [-0.2, 0) is 4.79 Å². The summed E-state index contributed by atoms with van der Waals surface area (Å²) in [7, 11) is 0. The van der Waals surface area contributed by atoms with Gasteiger partial charge in [-0.2, -0.15) is 5.26 Å². The molecule has 0 radical (unpaired) electrons. The molecular weight excluding hydrogens is 390 g/mol. The molecule has 2 aromatic carbocycles. The molecular formula is C24H21N5O2. The van der Waals surface area contributed by atoms with Crippen LogP contribution in [0.25, 0.3) is 11.4 Å². The molecule has 1 fully saturated rings. The topological polar surface area (TPSA) is 99.0 Å². The summed E-state index contributed by atoms with van der Waals surface area (Å²) in [4.78, 5) is 35.8. The maximum Gasteiger partial charge on any atom is 0.255 e. The Morgan fingerprint density at radius 2 is 1.74 bits per heavy atom. The Labute approximate surface area is 180 Å². The predicted octanol–water partition coefficient (Wildman–Crippen LogP) is 3.51. The molecule has 0 aliphatic carbocycles. The molecule has 0 atom stereocenters. The highest BCUT2D eigenvalue weighted by Gasteiger charge is 2.28. The molecule has 1 aliphatic rings. The second kappa shape index (κ2) is 9.18. The van der Waals surface area contributed by atoms with E-state index < -0.39 is 0 Å². The summed E-state index contributed by atoms with van der Waals surface area (Å²) in [5.41, 5.74) is 2.30. The largest absolute Gasteiger partial charge is 0.339 e. The lowest BCUT2D eigenvalue weighted by Crippen LogP contribution is -2.41. The number of aromatic nitrogens is 2. The zero-order chi connectivity index (χ0) is 21.6. The van der Waals surface area contributed by atoms with Gasteiger partial charge in [-0.3, -0.25) is 9.59 Å². The third-order valence-corrected chi connectivity index (χ3v) is 5.38. The van der Waals surface area contributed by atoms with Crippen LogP contribution < -0.4 is 5.32 Å². The number of likely N-dealkylation sites (tertiary alicyclic amines) is 1. The first-order chi connectivity index (χ1) is 15.2. The summed E-state index contributed by atoms with van der Waals surface area (Å²) in [6.45, 7) is 0.961. The average molecular weight is 411 g/mol. The van der Waals surface area contributed by atoms with Crippen LogP contribution in [0.15, 0.2) is 67.0 Å². The van der Waals surface area contributed by atoms with E-state index in [2.05, 4.69) is 21.4 Å². The average Bonchev–Trinajstić information content (AvgIpc) is 2.84. The quantitative estimate of drug-likeness (QED) is 0.708. The molecule has 4 rings (SSSR count). The molecule has 1 aromatic heterocycles. The minimum absolute atomic E-state index is 0.0596. The first-order valence-electron chi connectivity index (χ1n) is 10.1. The number of piperidine rings is 1. The van der Waals surface area contributed by atoms with E-state index in [1.165, 1.54) is 0 Å². The summed E-state index contributed by atoms with van der Waals surface area (Å²) < 4.78 is 0. The number of nitrogens with one attached hydrogen (secondary N) is 1. The van der Waals surface area contributed by atoms with Gasteiger partial charge in [0.1, 0.15) is 0 Å². The molecule has 154 valence electrons. The van der Waals surface area contributed by atoms with E-state index in [0.29, 0.717) is 48.6 Å². The molecule has 7 heteroatoms. The third-order valence-electron chi connectivity index (χ3n) is 5.38. The Bertz CT molecular complexity index is 1130. The Kier molecular flexibility index (Phi) is 5.99. The number of rotatable bonds is 4. The highest BCUT2D eigenvalue weighted by molar-refractivity contribution is 5.97. The standard InChI is InChI=1S/C24H21N5O2/c25-16-19-5-1-2-8-21(19)24(31)29-13-9-17(10-14-29)23(30)28-20-7-3-6-18(15-20)22-26-11-4-12-27-22/h1-8,11-12,15,17H,9-10,13-14H2,(H,28,30). The van der Waals surface area contributed by atoms with Gasteiger partial charge < -0.3 is 10.2 Å². The Balaban J connectivity index is 1.37. The predicted molar refractivity (Wildman–Crippen MR) is 116 cm³/mol. The van der Waals surface area contributed by atoms with Crippen LogP contribution >= 0.6 is 0 Å². The second-order valence-electron chi connectivity index (χ2n) is 7.37. The number of nitrogens with zero attached hydrogens (tertiary/aromatic N) is 4. The number of anilines is 1. The normalized spacial score (nSPS) is 14.0. The molecule has 0 spiro atoms. The number of carbonyl (C=O) groups is 2. The van der Waals surface area contributed by atoms with Crippen LogP contribution in [0.1, 0.15) is 28.8 Å². The van der Waals surface area contributed by atoms with Crippen LogP contribution in [0.5, 0.6) is 0 Å². The smallest absolute Gasteiger partial charge is 0.255 e. The maximum absolute atomic E-state index is 12.8. The minimum atomic E-state index is -0.174. The third kappa shape index (κ3) is 4.59. The molecule has 0 bridgehead atoms. The van der Waals surface area contributed by atoms with Gasteiger partial charge >= 0.3 is 0 Å². The Morgan fingerprint density at radius 3 is 2.48 bits per heavy atom. The number of hydrogen-bond acceptors (Lipinski definition) is 5. The number of nitriles is 1. The van der Waals surface area contributed by atoms with E-state index in [4.69, 9.17) is 0 Å². The van der Waals surface area contributed by atoms with Gasteiger partial charge in [-0.25, -0.2) is 9.97 Å². The molecule has 3 aromatic rings. The molecule has 0 unspecified atom stereocenters. The van der Waals surface area contributed by atoms with E-state index in [1.807, 2.05) is 24.3 Å². The van der Waals surface area contributed by atoms with Crippen LogP contribution in [0, 0.1) is 17.2 Å². The van der Waals surface area contributed by atoms with Crippen molar-refractivity contribution in [2.45, 2.75) is 12.8 Å². The van der Waals surface area contributed by atoms with Gasteiger partial charge in [-0.1, -0.05) is 24.3 Å². The van der Waals surface area contributed by atoms with Crippen LogP contribution in [0.4, 0.5) is 5.69 Å². The summed E-state index contributed by atoms with van der Waals surface area (Å²) in [6, 6.07) is 18.1. The summed E-state index contributed by atoms with van der Waals surface area (Å²) in [6.07, 6.45) is 4.51.